The number of nitriles is 1. The van der Waals surface area contributed by atoms with Gasteiger partial charge >= 0.3 is 5.60 Å². The van der Waals surface area contributed by atoms with Gasteiger partial charge in [0.2, 0.25) is 5.78 Å². The third kappa shape index (κ3) is 5.50. The molecule has 1 fully saturated rings. The number of carbonyl (C=O) groups excluding carboxylic acids is 2. The fraction of sp³-hybridized carbons (Fsp3) is 0.348. The van der Waals surface area contributed by atoms with Crippen LogP contribution in [-0.4, -0.2) is 35.3 Å². The molecule has 1 aliphatic heterocycles. The second kappa shape index (κ2) is 10.8. The molecule has 0 N–H and O–H groups in total. The van der Waals surface area contributed by atoms with E-state index in [0.29, 0.717) is 18.1 Å². The molecule has 2 aromatic rings. The summed E-state index contributed by atoms with van der Waals surface area (Å²) in [5.74, 6) is -1.12. The molecule has 0 aliphatic carbocycles. The molecule has 33 heavy (non-hydrogen) atoms. The average molecular weight is 530 g/mol. The van der Waals surface area contributed by atoms with E-state index in [1.54, 1.807) is 25.1 Å². The van der Waals surface area contributed by atoms with Crippen LogP contribution in [0.5, 0.6) is 17.2 Å². The van der Waals surface area contributed by atoms with Gasteiger partial charge in [-0.2, -0.15) is 5.26 Å². The Morgan fingerprint density at radius 3 is 2.21 bits per heavy atom. The van der Waals surface area contributed by atoms with Gasteiger partial charge in [0.25, 0.3) is 5.91 Å². The average Bonchev–Trinajstić information content (AvgIpc) is 2.81. The number of ether oxygens (including phenoxy) is 2. The van der Waals surface area contributed by atoms with Crippen LogP contribution in [0.25, 0.3) is 0 Å². The molecular weight excluding hydrogens is 510 g/mol. The van der Waals surface area contributed by atoms with Gasteiger partial charge in [0.05, 0.1) is 15.1 Å². The molecule has 3 rings (SSSR count). The quantitative estimate of drug-likeness (QED) is 0.371. The van der Waals surface area contributed by atoms with E-state index in [9.17, 15) is 14.9 Å². The first-order chi connectivity index (χ1) is 15.7. The maximum absolute atomic E-state index is 13.3. The number of amides is 1. The SMILES string of the molecule is CCC(=O)C(C#N)(Oc1cc(Oc2ccc(Cl)cc2Cl)c(Cl)cc1Cl)C(=O)N1CCCCC1. The van der Waals surface area contributed by atoms with Crippen molar-refractivity contribution in [2.24, 2.45) is 0 Å². The van der Waals surface area contributed by atoms with E-state index in [4.69, 9.17) is 55.9 Å². The van der Waals surface area contributed by atoms with Gasteiger partial charge in [0.15, 0.2) is 0 Å². The Bertz CT molecular complexity index is 1110. The Hall–Kier alpha value is -2.17. The summed E-state index contributed by atoms with van der Waals surface area (Å²) in [5.41, 5.74) is -2.38. The lowest BCUT2D eigenvalue weighted by Crippen LogP contribution is -2.58. The lowest BCUT2D eigenvalue weighted by Gasteiger charge is -2.34. The lowest BCUT2D eigenvalue weighted by atomic mass is 9.94. The molecule has 1 atom stereocenters. The number of piperidine rings is 1. The second-order valence-electron chi connectivity index (χ2n) is 7.41. The number of halogens is 4. The second-order valence-corrected chi connectivity index (χ2v) is 9.07. The smallest absolute Gasteiger partial charge is 0.330 e. The highest BCUT2D eigenvalue weighted by atomic mass is 35.5. The molecule has 0 bridgehead atoms. The van der Waals surface area contributed by atoms with E-state index >= 15 is 0 Å². The van der Waals surface area contributed by atoms with E-state index in [-0.39, 0.29) is 38.7 Å². The lowest BCUT2D eigenvalue weighted by molar-refractivity contribution is -0.152. The van der Waals surface area contributed by atoms with Crippen molar-refractivity contribution in [1.29, 1.82) is 5.26 Å². The summed E-state index contributed by atoms with van der Waals surface area (Å²) in [4.78, 5) is 27.7. The maximum Gasteiger partial charge on any atom is 0.330 e. The summed E-state index contributed by atoms with van der Waals surface area (Å²) in [7, 11) is 0. The third-order valence-electron chi connectivity index (χ3n) is 5.18. The van der Waals surface area contributed by atoms with Gasteiger partial charge in [-0.05, 0) is 43.5 Å². The molecule has 1 aliphatic rings. The molecule has 6 nitrogen and oxygen atoms in total. The van der Waals surface area contributed by atoms with Crippen LogP contribution in [0.1, 0.15) is 32.6 Å². The van der Waals surface area contributed by atoms with Crippen LogP contribution < -0.4 is 9.47 Å². The normalized spacial score (nSPS) is 15.3. The summed E-state index contributed by atoms with van der Waals surface area (Å²) in [6, 6.07) is 9.09. The number of rotatable bonds is 7. The van der Waals surface area contributed by atoms with Crippen molar-refractivity contribution >= 4 is 58.1 Å². The Balaban J connectivity index is 2.00. The Labute approximate surface area is 211 Å². The summed E-state index contributed by atoms with van der Waals surface area (Å²) < 4.78 is 11.6. The van der Waals surface area contributed by atoms with Crippen molar-refractivity contribution in [1.82, 2.24) is 4.90 Å². The highest BCUT2D eigenvalue weighted by molar-refractivity contribution is 6.37. The molecule has 1 heterocycles. The molecule has 0 radical (unpaired) electrons. The summed E-state index contributed by atoms with van der Waals surface area (Å²) in [5, 5.41) is 10.8. The van der Waals surface area contributed by atoms with Crippen LogP contribution in [0.15, 0.2) is 30.3 Å². The van der Waals surface area contributed by atoms with Crippen molar-refractivity contribution < 1.29 is 19.1 Å². The predicted molar refractivity (Wildman–Crippen MR) is 128 cm³/mol. The van der Waals surface area contributed by atoms with Crippen molar-refractivity contribution in [3.8, 4) is 23.3 Å². The number of ketones is 1. The molecular formula is C23H20Cl4N2O4. The van der Waals surface area contributed by atoms with Gasteiger partial charge in [-0.15, -0.1) is 0 Å². The molecule has 10 heteroatoms. The van der Waals surface area contributed by atoms with Gasteiger partial charge in [-0.3, -0.25) is 9.59 Å². The highest BCUT2D eigenvalue weighted by Crippen LogP contribution is 2.41. The molecule has 2 aromatic carbocycles. The molecule has 1 unspecified atom stereocenters. The van der Waals surface area contributed by atoms with Crippen molar-refractivity contribution in [3.05, 3.63) is 50.4 Å². The van der Waals surface area contributed by atoms with Crippen molar-refractivity contribution in [2.75, 3.05) is 13.1 Å². The van der Waals surface area contributed by atoms with Crippen LogP contribution in [0, 0.1) is 11.3 Å². The standard InChI is InChI=1S/C23H20Cl4N2O4/c1-2-21(30)23(13-28,22(31)29-8-4-3-5-9-29)33-20-12-19(16(26)11-17(20)27)32-18-7-6-14(24)10-15(18)25/h6-7,10-12H,2-5,8-9H2,1H3. The molecule has 174 valence electrons. The number of likely N-dealkylation sites (tertiary alicyclic amines) is 1. The topological polar surface area (TPSA) is 79.6 Å². The molecule has 1 amide bonds. The van der Waals surface area contributed by atoms with E-state index < -0.39 is 17.3 Å². The zero-order valence-electron chi connectivity index (χ0n) is 17.7. The van der Waals surface area contributed by atoms with Gasteiger partial charge in [0.1, 0.15) is 23.3 Å². The van der Waals surface area contributed by atoms with Crippen molar-refractivity contribution in [3.63, 3.8) is 0 Å². The van der Waals surface area contributed by atoms with E-state index in [0.717, 1.165) is 19.3 Å². The van der Waals surface area contributed by atoms with Crippen molar-refractivity contribution in [2.45, 2.75) is 38.2 Å². The zero-order chi connectivity index (χ0) is 24.2. The first-order valence-electron chi connectivity index (χ1n) is 10.3. The van der Waals surface area contributed by atoms with Crippen LogP contribution >= 0.6 is 46.4 Å². The van der Waals surface area contributed by atoms with Gasteiger partial charge in [0, 0.05) is 30.6 Å². The van der Waals surface area contributed by atoms with E-state index in [1.165, 1.54) is 23.1 Å². The maximum atomic E-state index is 13.3. The Morgan fingerprint density at radius 1 is 0.970 bits per heavy atom. The molecule has 0 saturated carbocycles. The van der Waals surface area contributed by atoms with Crippen LogP contribution in [0.3, 0.4) is 0 Å². The number of Topliss-reactive ketones (excluding diaryl/α,β-unsaturated/α-hetero) is 1. The van der Waals surface area contributed by atoms with Gasteiger partial charge in [-0.25, -0.2) is 0 Å². The van der Waals surface area contributed by atoms with Crippen LogP contribution in [-0.2, 0) is 9.59 Å². The zero-order valence-corrected chi connectivity index (χ0v) is 20.7. The van der Waals surface area contributed by atoms with Gasteiger partial charge < -0.3 is 14.4 Å². The number of nitrogens with zero attached hydrogens (tertiary/aromatic N) is 2. The van der Waals surface area contributed by atoms with Crippen LogP contribution in [0.4, 0.5) is 0 Å². The van der Waals surface area contributed by atoms with E-state index in [2.05, 4.69) is 0 Å². The minimum atomic E-state index is -2.38. The summed E-state index contributed by atoms with van der Waals surface area (Å²) >= 11 is 24.7. The van der Waals surface area contributed by atoms with E-state index in [1.807, 2.05) is 0 Å². The highest BCUT2D eigenvalue weighted by Gasteiger charge is 2.51. The predicted octanol–water partition coefficient (Wildman–Crippen LogP) is 6.73. The minimum Gasteiger partial charge on any atom is -0.455 e. The Morgan fingerprint density at radius 2 is 1.61 bits per heavy atom. The number of hydrogen-bond acceptors (Lipinski definition) is 5. The minimum absolute atomic E-state index is 0.00419. The first kappa shape index (κ1) is 25.5. The number of carbonyl (C=O) groups is 2. The number of benzene rings is 2. The van der Waals surface area contributed by atoms with Gasteiger partial charge in [-0.1, -0.05) is 53.3 Å². The molecule has 0 spiro atoms. The third-order valence-corrected chi connectivity index (χ3v) is 6.30. The number of hydrogen-bond donors (Lipinski definition) is 0. The fourth-order valence-corrected chi connectivity index (χ4v) is 4.34. The first-order valence-corrected chi connectivity index (χ1v) is 11.8. The monoisotopic (exact) mass is 528 g/mol. The largest absolute Gasteiger partial charge is 0.455 e. The molecule has 0 aromatic heterocycles. The van der Waals surface area contributed by atoms with Crippen LogP contribution in [0.2, 0.25) is 20.1 Å². The fourth-order valence-electron chi connectivity index (χ4n) is 3.43. The summed E-state index contributed by atoms with van der Waals surface area (Å²) in [6.45, 7) is 2.45. The summed E-state index contributed by atoms with van der Waals surface area (Å²) in [6.07, 6.45) is 2.47. The Kier molecular flexibility index (Phi) is 8.36. The molecule has 1 saturated heterocycles.